The van der Waals surface area contributed by atoms with Crippen molar-refractivity contribution in [3.05, 3.63) is 59.7 Å². The minimum Gasteiger partial charge on any atom is -0.478 e. The zero-order valence-corrected chi connectivity index (χ0v) is 10.6. The van der Waals surface area contributed by atoms with Gasteiger partial charge in [-0.1, -0.05) is 30.3 Å². The second-order valence-corrected chi connectivity index (χ2v) is 4.38. The first-order chi connectivity index (χ1) is 9.08. The molecule has 0 aliphatic heterocycles. The highest BCUT2D eigenvalue weighted by Gasteiger charge is 2.09. The number of benzene rings is 2. The van der Waals surface area contributed by atoms with E-state index < -0.39 is 5.97 Å². The molecule has 0 amide bonds. The Kier molecular flexibility index (Phi) is 3.71. The highest BCUT2D eigenvalue weighted by molar-refractivity contribution is 5.90. The summed E-state index contributed by atoms with van der Waals surface area (Å²) >= 11 is 0. The van der Waals surface area contributed by atoms with Crippen molar-refractivity contribution in [1.82, 2.24) is 0 Å². The summed E-state index contributed by atoms with van der Waals surface area (Å²) < 4.78 is 0. The monoisotopic (exact) mass is 256 g/mol. The van der Waals surface area contributed by atoms with E-state index in [1.807, 2.05) is 37.3 Å². The highest BCUT2D eigenvalue weighted by atomic mass is 16.4. The van der Waals surface area contributed by atoms with Crippen molar-refractivity contribution < 1.29 is 9.90 Å². The SMILES string of the molecule is C[C@@H](Nc1ccc(C(=O)O)cc1N)c1ccccc1. The van der Waals surface area contributed by atoms with Gasteiger partial charge in [0.2, 0.25) is 0 Å². The van der Waals surface area contributed by atoms with E-state index in [-0.39, 0.29) is 11.6 Å². The van der Waals surface area contributed by atoms with Crippen LogP contribution in [0.4, 0.5) is 11.4 Å². The fraction of sp³-hybridized carbons (Fsp3) is 0.133. The summed E-state index contributed by atoms with van der Waals surface area (Å²) in [6, 6.07) is 14.8. The van der Waals surface area contributed by atoms with Gasteiger partial charge in [0, 0.05) is 6.04 Å². The van der Waals surface area contributed by atoms with Gasteiger partial charge in [-0.15, -0.1) is 0 Å². The first kappa shape index (κ1) is 13.0. The summed E-state index contributed by atoms with van der Waals surface area (Å²) in [4.78, 5) is 10.8. The van der Waals surface area contributed by atoms with Crippen LogP contribution in [0.3, 0.4) is 0 Å². The Bertz CT molecular complexity index is 582. The van der Waals surface area contributed by atoms with Gasteiger partial charge in [-0.25, -0.2) is 4.79 Å². The number of carboxylic acids is 1. The first-order valence-corrected chi connectivity index (χ1v) is 6.02. The Hall–Kier alpha value is -2.49. The third kappa shape index (κ3) is 3.04. The molecule has 0 aliphatic carbocycles. The number of anilines is 2. The Labute approximate surface area is 111 Å². The lowest BCUT2D eigenvalue weighted by Crippen LogP contribution is -2.09. The molecule has 0 spiro atoms. The minimum absolute atomic E-state index is 0.0965. The smallest absolute Gasteiger partial charge is 0.335 e. The van der Waals surface area contributed by atoms with Crippen LogP contribution in [0.2, 0.25) is 0 Å². The van der Waals surface area contributed by atoms with Gasteiger partial charge in [-0.05, 0) is 30.7 Å². The van der Waals surface area contributed by atoms with Gasteiger partial charge in [-0.3, -0.25) is 0 Å². The molecule has 0 saturated carbocycles. The van der Waals surface area contributed by atoms with Gasteiger partial charge in [0.1, 0.15) is 0 Å². The lowest BCUT2D eigenvalue weighted by atomic mass is 10.1. The average molecular weight is 256 g/mol. The first-order valence-electron chi connectivity index (χ1n) is 6.02. The van der Waals surface area contributed by atoms with E-state index in [4.69, 9.17) is 10.8 Å². The molecular weight excluding hydrogens is 240 g/mol. The number of aromatic carboxylic acids is 1. The maximum atomic E-state index is 10.8. The number of nitrogen functional groups attached to an aromatic ring is 1. The molecule has 0 heterocycles. The summed E-state index contributed by atoms with van der Waals surface area (Å²) in [7, 11) is 0. The van der Waals surface area contributed by atoms with Crippen molar-refractivity contribution in [3.8, 4) is 0 Å². The van der Waals surface area contributed by atoms with E-state index in [9.17, 15) is 4.79 Å². The Morgan fingerprint density at radius 1 is 1.21 bits per heavy atom. The van der Waals surface area contributed by atoms with Crippen molar-refractivity contribution in [2.45, 2.75) is 13.0 Å². The number of hydrogen-bond acceptors (Lipinski definition) is 3. The standard InChI is InChI=1S/C15H16N2O2/c1-10(11-5-3-2-4-6-11)17-14-8-7-12(15(18)19)9-13(14)16/h2-10,17H,16H2,1H3,(H,18,19)/t10-/m1/s1. The highest BCUT2D eigenvalue weighted by Crippen LogP contribution is 2.25. The zero-order valence-electron chi connectivity index (χ0n) is 10.6. The molecule has 0 aliphatic rings. The molecule has 2 aromatic carbocycles. The Morgan fingerprint density at radius 2 is 1.89 bits per heavy atom. The second kappa shape index (κ2) is 5.44. The van der Waals surface area contributed by atoms with E-state index >= 15 is 0 Å². The molecule has 0 saturated heterocycles. The third-order valence-electron chi connectivity index (χ3n) is 2.97. The number of carbonyl (C=O) groups is 1. The summed E-state index contributed by atoms with van der Waals surface area (Å²) in [6.07, 6.45) is 0. The molecule has 0 fully saturated rings. The summed E-state index contributed by atoms with van der Waals surface area (Å²) in [5.41, 5.74) is 8.36. The van der Waals surface area contributed by atoms with E-state index in [1.54, 1.807) is 12.1 Å². The van der Waals surface area contributed by atoms with E-state index in [2.05, 4.69) is 5.32 Å². The molecule has 98 valence electrons. The quantitative estimate of drug-likeness (QED) is 0.734. The van der Waals surface area contributed by atoms with E-state index in [1.165, 1.54) is 6.07 Å². The molecule has 2 rings (SSSR count). The lowest BCUT2D eigenvalue weighted by molar-refractivity contribution is 0.0697. The van der Waals surface area contributed by atoms with Crippen LogP contribution >= 0.6 is 0 Å². The van der Waals surface area contributed by atoms with Crippen LogP contribution in [0, 0.1) is 0 Å². The summed E-state index contributed by atoms with van der Waals surface area (Å²) in [5.74, 6) is -0.977. The molecule has 4 heteroatoms. The maximum Gasteiger partial charge on any atom is 0.335 e. The second-order valence-electron chi connectivity index (χ2n) is 4.38. The van der Waals surface area contributed by atoms with Crippen LogP contribution in [0.25, 0.3) is 0 Å². The van der Waals surface area contributed by atoms with Crippen LogP contribution in [-0.2, 0) is 0 Å². The van der Waals surface area contributed by atoms with Crippen molar-refractivity contribution in [1.29, 1.82) is 0 Å². The molecular formula is C15H16N2O2. The van der Waals surface area contributed by atoms with Gasteiger partial charge < -0.3 is 16.2 Å². The number of nitrogens with two attached hydrogens (primary N) is 1. The van der Waals surface area contributed by atoms with Crippen molar-refractivity contribution >= 4 is 17.3 Å². The predicted octanol–water partition coefficient (Wildman–Crippen LogP) is 3.14. The molecule has 0 bridgehead atoms. The number of hydrogen-bond donors (Lipinski definition) is 3. The predicted molar refractivity (Wildman–Crippen MR) is 76.3 cm³/mol. The van der Waals surface area contributed by atoms with Crippen LogP contribution in [0.1, 0.15) is 28.9 Å². The van der Waals surface area contributed by atoms with Crippen LogP contribution < -0.4 is 11.1 Å². The van der Waals surface area contributed by atoms with Gasteiger partial charge >= 0.3 is 5.97 Å². The molecule has 19 heavy (non-hydrogen) atoms. The molecule has 2 aromatic rings. The van der Waals surface area contributed by atoms with Gasteiger partial charge in [0.25, 0.3) is 0 Å². The maximum absolute atomic E-state index is 10.8. The largest absolute Gasteiger partial charge is 0.478 e. The summed E-state index contributed by atoms with van der Waals surface area (Å²) in [6.45, 7) is 2.03. The molecule has 0 unspecified atom stereocenters. The fourth-order valence-electron chi connectivity index (χ4n) is 1.89. The number of carboxylic acid groups (broad SMARTS) is 1. The molecule has 4 nitrogen and oxygen atoms in total. The normalized spacial score (nSPS) is 11.8. The molecule has 1 atom stereocenters. The summed E-state index contributed by atoms with van der Waals surface area (Å²) in [5, 5.41) is 12.2. The van der Waals surface area contributed by atoms with Crippen molar-refractivity contribution in [2.75, 3.05) is 11.1 Å². The van der Waals surface area contributed by atoms with Crippen LogP contribution in [0.5, 0.6) is 0 Å². The average Bonchev–Trinajstić information content (AvgIpc) is 2.41. The molecule has 0 aromatic heterocycles. The van der Waals surface area contributed by atoms with Crippen LogP contribution in [0.15, 0.2) is 48.5 Å². The topological polar surface area (TPSA) is 75.3 Å². The third-order valence-corrected chi connectivity index (χ3v) is 2.97. The van der Waals surface area contributed by atoms with E-state index in [0.717, 1.165) is 11.3 Å². The molecule has 4 N–H and O–H groups in total. The van der Waals surface area contributed by atoms with Crippen molar-refractivity contribution in [3.63, 3.8) is 0 Å². The molecule has 0 radical (unpaired) electrons. The van der Waals surface area contributed by atoms with E-state index in [0.29, 0.717) is 5.69 Å². The van der Waals surface area contributed by atoms with Gasteiger partial charge in [0.15, 0.2) is 0 Å². The van der Waals surface area contributed by atoms with Crippen molar-refractivity contribution in [2.24, 2.45) is 0 Å². The van der Waals surface area contributed by atoms with Crippen LogP contribution in [-0.4, -0.2) is 11.1 Å². The van der Waals surface area contributed by atoms with Gasteiger partial charge in [0.05, 0.1) is 16.9 Å². The zero-order chi connectivity index (χ0) is 13.8. The number of rotatable bonds is 4. The lowest BCUT2D eigenvalue weighted by Gasteiger charge is -2.17. The van der Waals surface area contributed by atoms with Gasteiger partial charge in [-0.2, -0.15) is 0 Å². The fourth-order valence-corrected chi connectivity index (χ4v) is 1.89. The number of nitrogens with one attached hydrogen (secondary N) is 1. The Morgan fingerprint density at radius 3 is 2.47 bits per heavy atom. The minimum atomic E-state index is -0.977. The Balaban J connectivity index is 2.18.